The molecule has 0 radical (unpaired) electrons. The maximum Gasteiger partial charge on any atom is 0.315 e. The second-order valence-electron chi connectivity index (χ2n) is 6.04. The van der Waals surface area contributed by atoms with E-state index in [1.54, 1.807) is 0 Å². The number of carboxylic acids is 1. The van der Waals surface area contributed by atoms with Gasteiger partial charge >= 0.3 is 12.0 Å². The Balaban J connectivity index is 1.60. The molecule has 2 aliphatic rings. The monoisotopic (exact) mass is 268 g/mol. The number of aliphatic carboxylic acids is 1. The summed E-state index contributed by atoms with van der Waals surface area (Å²) >= 11 is 0. The molecule has 0 saturated heterocycles. The van der Waals surface area contributed by atoms with Crippen molar-refractivity contribution in [1.82, 2.24) is 10.6 Å². The quantitative estimate of drug-likeness (QED) is 0.713. The Morgan fingerprint density at radius 2 is 1.79 bits per heavy atom. The van der Waals surface area contributed by atoms with Gasteiger partial charge in [-0.05, 0) is 57.3 Å². The normalized spacial score (nSPS) is 28.5. The molecule has 5 nitrogen and oxygen atoms in total. The fraction of sp³-hybridized carbons (Fsp3) is 0.857. The van der Waals surface area contributed by atoms with Gasteiger partial charge in [0, 0.05) is 12.6 Å². The lowest BCUT2D eigenvalue weighted by Crippen LogP contribution is -2.43. The summed E-state index contributed by atoms with van der Waals surface area (Å²) in [6.45, 7) is 2.71. The predicted molar refractivity (Wildman–Crippen MR) is 71.8 cm³/mol. The molecule has 1 unspecified atom stereocenters. The number of rotatable bonds is 5. The summed E-state index contributed by atoms with van der Waals surface area (Å²) in [5, 5.41) is 14.8. The van der Waals surface area contributed by atoms with Gasteiger partial charge in [0.15, 0.2) is 0 Å². The van der Waals surface area contributed by atoms with Crippen molar-refractivity contribution in [3.63, 3.8) is 0 Å². The number of carbonyl (C=O) groups is 2. The number of hydrogen-bond donors (Lipinski definition) is 3. The van der Waals surface area contributed by atoms with Crippen LogP contribution in [0.1, 0.15) is 45.4 Å². The fourth-order valence-electron chi connectivity index (χ4n) is 2.82. The summed E-state index contributed by atoms with van der Waals surface area (Å²) in [7, 11) is 0. The summed E-state index contributed by atoms with van der Waals surface area (Å²) in [6, 6.07) is 0.183. The van der Waals surface area contributed by atoms with Gasteiger partial charge in [0.2, 0.25) is 0 Å². The SMILES string of the molecule is CC(NC(=O)NCC1CCC(C(=O)O)CC1)C1CC1. The minimum Gasteiger partial charge on any atom is -0.481 e. The maximum absolute atomic E-state index is 11.7. The molecule has 0 aromatic carbocycles. The third kappa shape index (κ3) is 4.40. The van der Waals surface area contributed by atoms with Crippen LogP contribution in [0.4, 0.5) is 4.79 Å². The van der Waals surface area contributed by atoms with Crippen molar-refractivity contribution in [2.24, 2.45) is 17.8 Å². The number of urea groups is 1. The van der Waals surface area contributed by atoms with E-state index in [0.29, 0.717) is 18.4 Å². The molecule has 5 heteroatoms. The van der Waals surface area contributed by atoms with Crippen LogP contribution in [0.2, 0.25) is 0 Å². The van der Waals surface area contributed by atoms with E-state index < -0.39 is 5.97 Å². The minimum atomic E-state index is -0.678. The Kier molecular flexibility index (Phi) is 4.66. The standard InChI is InChI=1S/C14H24N2O3/c1-9(11-6-7-11)16-14(19)15-8-10-2-4-12(5-3-10)13(17)18/h9-12H,2-8H2,1H3,(H,17,18)(H2,15,16,19). The lowest BCUT2D eigenvalue weighted by molar-refractivity contribution is -0.143. The molecule has 2 aliphatic carbocycles. The van der Waals surface area contributed by atoms with E-state index >= 15 is 0 Å². The van der Waals surface area contributed by atoms with Crippen LogP contribution in [0.25, 0.3) is 0 Å². The predicted octanol–water partition coefficient (Wildman–Crippen LogP) is 1.98. The van der Waals surface area contributed by atoms with Crippen LogP contribution in [-0.4, -0.2) is 29.7 Å². The van der Waals surface area contributed by atoms with Crippen LogP contribution in [0, 0.1) is 17.8 Å². The molecule has 0 aromatic heterocycles. The first-order valence-corrected chi connectivity index (χ1v) is 7.33. The molecular formula is C14H24N2O3. The lowest BCUT2D eigenvalue weighted by Gasteiger charge is -2.26. The van der Waals surface area contributed by atoms with Crippen LogP contribution in [0.3, 0.4) is 0 Å². The lowest BCUT2D eigenvalue weighted by atomic mass is 9.82. The number of hydrogen-bond acceptors (Lipinski definition) is 2. The number of amides is 2. The minimum absolute atomic E-state index is 0.0836. The van der Waals surface area contributed by atoms with Crippen LogP contribution >= 0.6 is 0 Å². The molecule has 0 spiro atoms. The average molecular weight is 268 g/mol. The molecule has 0 aliphatic heterocycles. The summed E-state index contributed by atoms with van der Waals surface area (Å²) in [4.78, 5) is 22.5. The Morgan fingerprint density at radius 1 is 1.16 bits per heavy atom. The Labute approximate surface area is 114 Å². The smallest absolute Gasteiger partial charge is 0.315 e. The van der Waals surface area contributed by atoms with Crippen LogP contribution in [-0.2, 0) is 4.79 Å². The van der Waals surface area contributed by atoms with Crippen molar-refractivity contribution >= 4 is 12.0 Å². The van der Waals surface area contributed by atoms with Crippen molar-refractivity contribution < 1.29 is 14.7 Å². The van der Waals surface area contributed by atoms with Gasteiger partial charge < -0.3 is 15.7 Å². The molecular weight excluding hydrogens is 244 g/mol. The Morgan fingerprint density at radius 3 is 2.32 bits per heavy atom. The van der Waals surface area contributed by atoms with E-state index in [9.17, 15) is 9.59 Å². The third-order valence-electron chi connectivity index (χ3n) is 4.44. The van der Waals surface area contributed by atoms with Crippen LogP contribution < -0.4 is 10.6 Å². The van der Waals surface area contributed by atoms with E-state index in [2.05, 4.69) is 17.6 Å². The second-order valence-corrected chi connectivity index (χ2v) is 6.04. The van der Waals surface area contributed by atoms with Gasteiger partial charge in [-0.2, -0.15) is 0 Å². The van der Waals surface area contributed by atoms with E-state index in [4.69, 9.17) is 5.11 Å². The van der Waals surface area contributed by atoms with Gasteiger partial charge in [-0.1, -0.05) is 0 Å². The molecule has 108 valence electrons. The first kappa shape index (κ1) is 14.2. The highest BCUT2D eigenvalue weighted by atomic mass is 16.4. The average Bonchev–Trinajstić information content (AvgIpc) is 3.21. The third-order valence-corrected chi connectivity index (χ3v) is 4.44. The van der Waals surface area contributed by atoms with Crippen molar-refractivity contribution in [2.45, 2.75) is 51.5 Å². The number of carbonyl (C=O) groups excluding carboxylic acids is 1. The highest BCUT2D eigenvalue weighted by Gasteiger charge is 2.29. The van der Waals surface area contributed by atoms with Crippen LogP contribution in [0.15, 0.2) is 0 Å². The topological polar surface area (TPSA) is 78.4 Å². The van der Waals surface area contributed by atoms with Gasteiger partial charge in [0.05, 0.1) is 5.92 Å². The molecule has 1 atom stereocenters. The van der Waals surface area contributed by atoms with E-state index in [-0.39, 0.29) is 18.0 Å². The first-order valence-electron chi connectivity index (χ1n) is 7.33. The largest absolute Gasteiger partial charge is 0.481 e. The molecule has 0 heterocycles. The molecule has 19 heavy (non-hydrogen) atoms. The second kappa shape index (κ2) is 6.26. The van der Waals surface area contributed by atoms with E-state index in [1.165, 1.54) is 12.8 Å². The molecule has 3 N–H and O–H groups in total. The number of nitrogens with one attached hydrogen (secondary N) is 2. The van der Waals surface area contributed by atoms with E-state index in [0.717, 1.165) is 25.7 Å². The highest BCUT2D eigenvalue weighted by molar-refractivity contribution is 5.74. The molecule has 2 saturated carbocycles. The summed E-state index contributed by atoms with van der Waals surface area (Å²) in [5.41, 5.74) is 0. The Hall–Kier alpha value is -1.26. The van der Waals surface area contributed by atoms with Gasteiger partial charge in [-0.3, -0.25) is 4.79 Å². The van der Waals surface area contributed by atoms with Crippen molar-refractivity contribution in [2.75, 3.05) is 6.54 Å². The molecule has 0 bridgehead atoms. The highest BCUT2D eigenvalue weighted by Crippen LogP contribution is 2.32. The molecule has 2 fully saturated rings. The van der Waals surface area contributed by atoms with Crippen LogP contribution in [0.5, 0.6) is 0 Å². The molecule has 2 rings (SSSR count). The van der Waals surface area contributed by atoms with Gasteiger partial charge in [-0.15, -0.1) is 0 Å². The fourth-order valence-corrected chi connectivity index (χ4v) is 2.82. The molecule has 2 amide bonds. The summed E-state index contributed by atoms with van der Waals surface area (Å²) in [5.74, 6) is 0.233. The van der Waals surface area contributed by atoms with Crippen molar-refractivity contribution in [1.29, 1.82) is 0 Å². The summed E-state index contributed by atoms with van der Waals surface area (Å²) < 4.78 is 0. The zero-order chi connectivity index (χ0) is 13.8. The van der Waals surface area contributed by atoms with Crippen molar-refractivity contribution in [3.05, 3.63) is 0 Å². The Bertz CT molecular complexity index is 334. The molecule has 0 aromatic rings. The van der Waals surface area contributed by atoms with Gasteiger partial charge in [0.25, 0.3) is 0 Å². The maximum atomic E-state index is 11.7. The summed E-state index contributed by atoms with van der Waals surface area (Å²) in [6.07, 6.45) is 5.72. The first-order chi connectivity index (χ1) is 9.06. The van der Waals surface area contributed by atoms with Gasteiger partial charge in [0.1, 0.15) is 0 Å². The zero-order valence-corrected chi connectivity index (χ0v) is 11.5. The number of carboxylic acid groups (broad SMARTS) is 1. The van der Waals surface area contributed by atoms with E-state index in [1.807, 2.05) is 0 Å². The van der Waals surface area contributed by atoms with Crippen molar-refractivity contribution in [3.8, 4) is 0 Å². The zero-order valence-electron chi connectivity index (χ0n) is 11.5. The van der Waals surface area contributed by atoms with Gasteiger partial charge in [-0.25, -0.2) is 4.79 Å².